The lowest BCUT2D eigenvalue weighted by atomic mass is 9.88. The normalized spacial score (nSPS) is 19.3. The zero-order chi connectivity index (χ0) is 58.0. The second-order valence-corrected chi connectivity index (χ2v) is 21.7. The molecule has 4 fully saturated rings. The van der Waals surface area contributed by atoms with Crippen molar-refractivity contribution < 1.29 is 51.5 Å². The third kappa shape index (κ3) is 11.7. The Morgan fingerprint density at radius 3 is 2.45 bits per heavy atom. The lowest BCUT2D eigenvalue weighted by molar-refractivity contribution is -0.491. The summed E-state index contributed by atoms with van der Waals surface area (Å²) in [6.45, 7) is 8.67. The van der Waals surface area contributed by atoms with Gasteiger partial charge >= 0.3 is 12.2 Å². The number of nitrogens with zero attached hydrogens (tertiary/aromatic N) is 6. The zero-order valence-corrected chi connectivity index (χ0v) is 46.0. The maximum atomic E-state index is 15.9. The first-order valence-electron chi connectivity index (χ1n) is 27.6. The largest absolute Gasteiger partial charge is 0.486 e. The molecule has 0 radical (unpaired) electrons. The zero-order valence-electron chi connectivity index (χ0n) is 46.0. The number of aromatic nitrogens is 3. The standard InChI is InChI=1S/C60H66F4N12O6/c1-32(2)52(58(79)75-20-6-8-49(75)57(78)71-48(30-77)37-13-15-38(16-14-37)53-33(3)7-5-19-68-53)70-28-47(74-67)36-11-9-35(10-12-36)31-81-55-51(50-34(4)45(61)25-46(66)43(50)26-65)44(60(62,63)64)24-42-54(55)72-59(82-41-17-21-80-22-18-41)73-56(42)76-29-39-23-40(76)27-69-39/h5,7,9-16,19,24-26,28,32,39-41,48-49,52,65,69,77H,6,8,17-18,20-23,27,29-31,66-67H2,1-4H3,(H,71,78)/p+1/b65-26?,70-28?,74-47+/t39-,40-,48-,49?,52-/m0/s1. The van der Waals surface area contributed by atoms with Gasteiger partial charge in [-0.3, -0.25) is 14.6 Å². The number of aliphatic hydroxyl groups excluding tert-OH is 1. The van der Waals surface area contributed by atoms with Crippen molar-refractivity contribution in [3.8, 4) is 34.1 Å². The molecule has 2 bridgehead atoms. The molecule has 4 saturated heterocycles. The molecule has 9 N–H and O–H groups in total. The van der Waals surface area contributed by atoms with Crippen molar-refractivity contribution in [1.29, 1.82) is 5.41 Å². The Hall–Kier alpha value is -8.08. The first-order valence-corrected chi connectivity index (χ1v) is 27.6. The maximum Gasteiger partial charge on any atom is 0.417 e. The highest BCUT2D eigenvalue weighted by Crippen LogP contribution is 2.51. The number of fused-ring (bicyclic) bond motifs is 3. The van der Waals surface area contributed by atoms with Crippen LogP contribution in [-0.2, 0) is 27.1 Å². The minimum atomic E-state index is -5.04. The SMILES string of the molecule is Cc1cccnc1-c1ccc([C@H](CO)NC(=O)C2CCCN2C(=O)[C@@H]([NH+]=C/C(=N\N)c2ccc(COc3c(-c4c(C)c(F)cc(N)c4C=N)c(C(F)(F)F)cc4c(N5C[C@@H]6C[C@H]5CN6)nc(OC5CCOCC5)nc34)cc2)C(C)C)cc1. The summed E-state index contributed by atoms with van der Waals surface area (Å²) < 4.78 is 81.9. The number of rotatable bonds is 18. The van der Waals surface area contributed by atoms with Crippen molar-refractivity contribution in [2.75, 3.05) is 50.1 Å². The fourth-order valence-electron chi connectivity index (χ4n) is 11.6. The van der Waals surface area contributed by atoms with Gasteiger partial charge in [0.2, 0.25) is 11.9 Å². The molecule has 82 heavy (non-hydrogen) atoms. The minimum Gasteiger partial charge on any atom is -0.486 e. The number of hydrogen-bond acceptors (Lipinski definition) is 15. The second kappa shape index (κ2) is 24.2. The van der Waals surface area contributed by atoms with Gasteiger partial charge in [-0.1, -0.05) is 68.4 Å². The highest BCUT2D eigenvalue weighted by molar-refractivity contribution is 6.36. The number of likely N-dealkylation sites (tertiary alicyclic amines) is 1. The smallest absolute Gasteiger partial charge is 0.417 e. The van der Waals surface area contributed by atoms with E-state index < -0.39 is 41.2 Å². The molecule has 6 heterocycles. The third-order valence-electron chi connectivity index (χ3n) is 16.0. The maximum absolute atomic E-state index is 15.9. The molecule has 0 spiro atoms. The monoisotopic (exact) mass is 1130 g/mol. The molecule has 10 rings (SSSR count). The van der Waals surface area contributed by atoms with Crippen molar-refractivity contribution in [1.82, 2.24) is 30.5 Å². The second-order valence-electron chi connectivity index (χ2n) is 21.7. The number of nitrogens with one attached hydrogen (secondary N) is 4. The summed E-state index contributed by atoms with van der Waals surface area (Å²) in [6.07, 6.45) is 1.53. The van der Waals surface area contributed by atoms with E-state index in [4.69, 9.17) is 41.2 Å². The fraction of sp³-hybridized carbons (Fsp3) is 0.400. The predicted octanol–water partition coefficient (Wildman–Crippen LogP) is 6.08. The van der Waals surface area contributed by atoms with Gasteiger partial charge in [0.05, 0.1) is 37.1 Å². The molecule has 5 atom stereocenters. The van der Waals surface area contributed by atoms with Crippen LogP contribution in [0.25, 0.3) is 33.3 Å². The Morgan fingerprint density at radius 1 is 1.05 bits per heavy atom. The van der Waals surface area contributed by atoms with Gasteiger partial charge in [0.15, 0.2) is 17.7 Å². The van der Waals surface area contributed by atoms with E-state index in [2.05, 4.69) is 25.7 Å². The van der Waals surface area contributed by atoms with Crippen LogP contribution in [0.3, 0.4) is 0 Å². The van der Waals surface area contributed by atoms with Gasteiger partial charge in [0.25, 0.3) is 5.91 Å². The molecule has 22 heteroatoms. The predicted molar refractivity (Wildman–Crippen MR) is 303 cm³/mol. The van der Waals surface area contributed by atoms with Crippen LogP contribution in [0.1, 0.15) is 90.9 Å². The van der Waals surface area contributed by atoms with Gasteiger partial charge in [-0.25, -0.2) is 9.38 Å². The van der Waals surface area contributed by atoms with Gasteiger partial charge in [0, 0.05) is 102 Å². The molecule has 2 aromatic heterocycles. The average molecular weight is 1130 g/mol. The van der Waals surface area contributed by atoms with Crippen LogP contribution in [0.15, 0.2) is 84.1 Å². The fourth-order valence-corrected chi connectivity index (χ4v) is 11.6. The molecule has 18 nitrogen and oxygen atoms in total. The number of halogens is 4. The summed E-state index contributed by atoms with van der Waals surface area (Å²) in [5.41, 5.74) is 8.41. The first kappa shape index (κ1) is 57.2. The molecule has 6 aromatic rings. The quantitative estimate of drug-likeness (QED) is 0.0170. The number of carbonyl (C=O) groups is 2. The van der Waals surface area contributed by atoms with Crippen molar-refractivity contribution in [2.45, 2.75) is 109 Å². The molecule has 4 aliphatic rings. The van der Waals surface area contributed by atoms with E-state index in [1.165, 1.54) is 13.1 Å². The number of benzene rings is 4. The molecule has 0 saturated carbocycles. The number of alkyl halides is 3. The van der Waals surface area contributed by atoms with E-state index >= 15 is 17.6 Å². The average Bonchev–Trinajstić information content (AvgIpc) is 2.76. The topological polar surface area (TPSA) is 253 Å². The van der Waals surface area contributed by atoms with E-state index in [1.54, 1.807) is 35.4 Å². The summed E-state index contributed by atoms with van der Waals surface area (Å²) in [5.74, 6) is 4.04. The molecule has 2 amide bonds. The third-order valence-corrected chi connectivity index (χ3v) is 16.0. The number of carbonyl (C=O) groups excluding carboxylic acids is 2. The van der Waals surface area contributed by atoms with Crippen LogP contribution >= 0.6 is 0 Å². The Labute approximate surface area is 471 Å². The van der Waals surface area contributed by atoms with E-state index in [1.807, 2.05) is 62.1 Å². The van der Waals surface area contributed by atoms with Gasteiger partial charge in [0.1, 0.15) is 35.9 Å². The summed E-state index contributed by atoms with van der Waals surface area (Å²) in [7, 11) is 0. The molecular formula is C60H67F4N12O6+. The molecule has 4 aliphatic heterocycles. The Morgan fingerprint density at radius 2 is 1.80 bits per heavy atom. The number of aliphatic hydroxyl groups is 1. The number of amides is 2. The number of ether oxygens (including phenoxy) is 3. The lowest BCUT2D eigenvalue weighted by Gasteiger charge is -2.31. The number of piperazine rings is 1. The molecule has 1 unspecified atom stereocenters. The van der Waals surface area contributed by atoms with Gasteiger partial charge < -0.3 is 56.7 Å². The van der Waals surface area contributed by atoms with Gasteiger partial charge in [-0.2, -0.15) is 28.2 Å². The Kier molecular flexibility index (Phi) is 16.9. The highest BCUT2D eigenvalue weighted by Gasteiger charge is 2.44. The number of nitrogens with two attached hydrogens (primary N) is 2. The first-order chi connectivity index (χ1) is 39.5. The van der Waals surface area contributed by atoms with Crippen LogP contribution in [0.4, 0.5) is 29.1 Å². The van der Waals surface area contributed by atoms with Gasteiger partial charge in [-0.15, -0.1) is 0 Å². The number of nitrogen functional groups attached to an aromatic ring is 1. The van der Waals surface area contributed by atoms with Crippen LogP contribution in [0, 0.1) is 31.0 Å². The summed E-state index contributed by atoms with van der Waals surface area (Å²) in [6, 6.07) is 17.7. The van der Waals surface area contributed by atoms with E-state index in [0.29, 0.717) is 75.2 Å². The van der Waals surface area contributed by atoms with Crippen LogP contribution < -0.4 is 41.6 Å². The van der Waals surface area contributed by atoms with E-state index in [-0.39, 0.29) is 106 Å². The number of pyridine rings is 1. The van der Waals surface area contributed by atoms with Crippen molar-refractivity contribution >= 4 is 52.4 Å². The number of anilines is 2. The summed E-state index contributed by atoms with van der Waals surface area (Å²) in [5, 5.41) is 29.2. The highest BCUT2D eigenvalue weighted by atomic mass is 19.4. The molecular weight excluding hydrogens is 1060 g/mol. The lowest BCUT2D eigenvalue weighted by Crippen LogP contribution is -2.83. The molecule has 430 valence electrons. The minimum absolute atomic E-state index is 0.0125. The van der Waals surface area contributed by atoms with Crippen LogP contribution in [-0.4, -0.2) is 125 Å². The van der Waals surface area contributed by atoms with Gasteiger partial charge in [-0.05, 0) is 73.6 Å². The van der Waals surface area contributed by atoms with Crippen LogP contribution in [0.2, 0.25) is 0 Å². The number of hydrazone groups is 1. The number of aryl methyl sites for hydroxylation is 1. The molecule has 0 aliphatic carbocycles. The molecule has 4 aromatic carbocycles. The van der Waals surface area contributed by atoms with Crippen LogP contribution in [0.5, 0.6) is 11.8 Å². The number of hydrogen-bond donors (Lipinski definition) is 7. The van der Waals surface area contributed by atoms with Crippen molar-refractivity contribution in [2.24, 2.45) is 16.9 Å². The van der Waals surface area contributed by atoms with Crippen molar-refractivity contribution in [3.63, 3.8) is 0 Å². The Balaban J connectivity index is 0.925. The van der Waals surface area contributed by atoms with E-state index in [0.717, 1.165) is 41.6 Å². The Bertz CT molecular complexity index is 3430. The summed E-state index contributed by atoms with van der Waals surface area (Å²) >= 11 is 0. The van der Waals surface area contributed by atoms with E-state index in [9.17, 15) is 14.7 Å². The van der Waals surface area contributed by atoms with Crippen molar-refractivity contribution in [3.05, 3.63) is 124 Å². The summed E-state index contributed by atoms with van der Waals surface area (Å²) in [4.78, 5) is 49.1.